The van der Waals surface area contributed by atoms with Crippen molar-refractivity contribution in [3.8, 4) is 0 Å². The largest absolute Gasteiger partial charge is 0.392 e. The summed E-state index contributed by atoms with van der Waals surface area (Å²) in [6.07, 6.45) is 6.27. The van der Waals surface area contributed by atoms with Crippen molar-refractivity contribution in [2.45, 2.75) is 57.3 Å². The fraction of sp³-hybridized carbons (Fsp3) is 0.379. The van der Waals surface area contributed by atoms with E-state index in [0.29, 0.717) is 19.5 Å². The quantitative estimate of drug-likeness (QED) is 0.425. The molecular formula is C29H37N5O3. The molecule has 3 aromatic rings. The third-order valence-electron chi connectivity index (χ3n) is 6.25. The first-order valence-electron chi connectivity index (χ1n) is 12.5. The van der Waals surface area contributed by atoms with Crippen LogP contribution in [0.4, 0.5) is 5.69 Å². The average Bonchev–Trinajstić information content (AvgIpc) is 3.34. The smallest absolute Gasteiger partial charge is 0.247 e. The van der Waals surface area contributed by atoms with Crippen LogP contribution < -0.4 is 15.5 Å². The molecule has 3 atom stereocenters. The Bertz CT molecular complexity index is 1120. The Balaban J connectivity index is 0.000000405. The standard InChI is InChI=1S/C24H28N4O.C5H9NO2/c1-24(2,3)19-10-12-21(13-11-19)28(4)22(18-8-7-14-25-16-18)23(29)27-17-20-9-5-6-15-26-20;7-3-4-1-5(8)2-6-4/h5-16,22H,17H2,1-4H3,(H,27,29);3-6,8H,1-2H2. The number of nitrogens with zero attached hydrogens (tertiary/aromatic N) is 3. The number of aliphatic hydroxyl groups is 1. The van der Waals surface area contributed by atoms with Crippen LogP contribution in [0.1, 0.15) is 50.1 Å². The van der Waals surface area contributed by atoms with Crippen molar-refractivity contribution < 1.29 is 14.7 Å². The van der Waals surface area contributed by atoms with Gasteiger partial charge in [0, 0.05) is 43.4 Å². The summed E-state index contributed by atoms with van der Waals surface area (Å²) in [5.41, 5.74) is 3.98. The van der Waals surface area contributed by atoms with Gasteiger partial charge < -0.3 is 25.4 Å². The molecule has 8 heteroatoms. The first-order valence-corrected chi connectivity index (χ1v) is 12.5. The van der Waals surface area contributed by atoms with E-state index in [1.165, 1.54) is 5.56 Å². The summed E-state index contributed by atoms with van der Waals surface area (Å²) < 4.78 is 0. The number of aldehydes is 1. The van der Waals surface area contributed by atoms with Crippen molar-refractivity contribution in [1.82, 2.24) is 20.6 Å². The lowest BCUT2D eigenvalue weighted by molar-refractivity contribution is -0.122. The van der Waals surface area contributed by atoms with E-state index in [-0.39, 0.29) is 23.5 Å². The van der Waals surface area contributed by atoms with Crippen LogP contribution in [-0.2, 0) is 21.5 Å². The molecule has 1 amide bonds. The van der Waals surface area contributed by atoms with Crippen molar-refractivity contribution >= 4 is 17.9 Å². The molecule has 2 aromatic heterocycles. The van der Waals surface area contributed by atoms with Crippen molar-refractivity contribution in [2.24, 2.45) is 0 Å². The van der Waals surface area contributed by atoms with Gasteiger partial charge in [0.1, 0.15) is 12.3 Å². The Hall–Kier alpha value is -3.62. The summed E-state index contributed by atoms with van der Waals surface area (Å²) >= 11 is 0. The normalized spacial score (nSPS) is 17.8. The number of benzene rings is 1. The summed E-state index contributed by atoms with van der Waals surface area (Å²) in [6.45, 7) is 7.51. The second-order valence-electron chi connectivity index (χ2n) is 10.2. The van der Waals surface area contributed by atoms with Gasteiger partial charge in [-0.2, -0.15) is 0 Å². The molecule has 3 heterocycles. The zero-order chi connectivity index (χ0) is 26.8. The van der Waals surface area contributed by atoms with Crippen LogP contribution >= 0.6 is 0 Å². The second-order valence-corrected chi connectivity index (χ2v) is 10.2. The van der Waals surface area contributed by atoms with Crippen LogP contribution in [0.5, 0.6) is 0 Å². The molecule has 3 unspecified atom stereocenters. The van der Waals surface area contributed by atoms with Gasteiger partial charge in [-0.25, -0.2) is 0 Å². The minimum absolute atomic E-state index is 0.0832. The van der Waals surface area contributed by atoms with E-state index in [1.807, 2.05) is 42.3 Å². The summed E-state index contributed by atoms with van der Waals surface area (Å²) in [6, 6.07) is 17.2. The molecule has 0 saturated carbocycles. The first-order chi connectivity index (χ1) is 17.7. The highest BCUT2D eigenvalue weighted by Crippen LogP contribution is 2.29. The van der Waals surface area contributed by atoms with Crippen LogP contribution in [0.15, 0.2) is 73.2 Å². The molecule has 1 aliphatic heterocycles. The van der Waals surface area contributed by atoms with Crippen LogP contribution in [0.25, 0.3) is 0 Å². The van der Waals surface area contributed by atoms with Gasteiger partial charge in [0.05, 0.1) is 24.4 Å². The maximum Gasteiger partial charge on any atom is 0.247 e. The Kier molecular flexibility index (Phi) is 9.88. The number of carbonyl (C=O) groups is 2. The second kappa shape index (κ2) is 13.1. The average molecular weight is 504 g/mol. The number of aromatic nitrogens is 2. The molecule has 0 radical (unpaired) electrons. The van der Waals surface area contributed by atoms with Gasteiger partial charge in [-0.15, -0.1) is 0 Å². The Morgan fingerprint density at radius 1 is 1.16 bits per heavy atom. The number of rotatable bonds is 7. The molecule has 1 aliphatic rings. The summed E-state index contributed by atoms with van der Waals surface area (Å²) in [4.78, 5) is 33.6. The van der Waals surface area contributed by atoms with Crippen molar-refractivity contribution in [3.05, 3.63) is 90.0 Å². The van der Waals surface area contributed by atoms with E-state index in [4.69, 9.17) is 5.11 Å². The number of hydrogen-bond donors (Lipinski definition) is 3. The fourth-order valence-corrected chi connectivity index (χ4v) is 4.06. The monoisotopic (exact) mass is 503 g/mol. The minimum atomic E-state index is -0.493. The number of anilines is 1. The SMILES string of the molecule is CN(c1ccc(C(C)(C)C)cc1)C(C(=O)NCc1ccccn1)c1cccnc1.O=CC1CC(O)CN1. The number of carbonyl (C=O) groups excluding carboxylic acids is 2. The predicted molar refractivity (Wildman–Crippen MR) is 145 cm³/mol. The van der Waals surface area contributed by atoms with Crippen molar-refractivity contribution in [2.75, 3.05) is 18.5 Å². The highest BCUT2D eigenvalue weighted by molar-refractivity contribution is 5.86. The molecule has 1 aromatic carbocycles. The van der Waals surface area contributed by atoms with Crippen molar-refractivity contribution in [1.29, 1.82) is 0 Å². The lowest BCUT2D eigenvalue weighted by Crippen LogP contribution is -2.38. The number of amides is 1. The summed E-state index contributed by atoms with van der Waals surface area (Å²) in [5, 5.41) is 14.7. The van der Waals surface area contributed by atoms with E-state index in [1.54, 1.807) is 18.6 Å². The van der Waals surface area contributed by atoms with E-state index >= 15 is 0 Å². The molecule has 8 nitrogen and oxygen atoms in total. The predicted octanol–water partition coefficient (Wildman–Crippen LogP) is 3.18. The number of nitrogens with one attached hydrogen (secondary N) is 2. The molecule has 4 rings (SSSR count). The number of likely N-dealkylation sites (N-methyl/N-ethyl adjacent to an activating group) is 1. The number of pyridine rings is 2. The van der Waals surface area contributed by atoms with Crippen LogP contribution in [-0.4, -0.2) is 53.0 Å². The maximum absolute atomic E-state index is 13.1. The summed E-state index contributed by atoms with van der Waals surface area (Å²) in [5.74, 6) is -0.0916. The summed E-state index contributed by atoms with van der Waals surface area (Å²) in [7, 11) is 1.93. The zero-order valence-electron chi connectivity index (χ0n) is 22.0. The Labute approximate surface area is 219 Å². The Morgan fingerprint density at radius 2 is 1.92 bits per heavy atom. The molecular weight excluding hydrogens is 466 g/mol. The van der Waals surface area contributed by atoms with Gasteiger partial charge in [-0.05, 0) is 47.7 Å². The number of hydrogen-bond acceptors (Lipinski definition) is 7. The van der Waals surface area contributed by atoms with Gasteiger partial charge in [-0.1, -0.05) is 45.0 Å². The van der Waals surface area contributed by atoms with Gasteiger partial charge in [0.2, 0.25) is 5.91 Å². The van der Waals surface area contributed by atoms with E-state index in [9.17, 15) is 9.59 Å². The Morgan fingerprint density at radius 3 is 2.43 bits per heavy atom. The van der Waals surface area contributed by atoms with Crippen LogP contribution in [0.3, 0.4) is 0 Å². The third kappa shape index (κ3) is 8.20. The molecule has 1 fully saturated rings. The molecule has 3 N–H and O–H groups in total. The lowest BCUT2D eigenvalue weighted by atomic mass is 9.87. The van der Waals surface area contributed by atoms with E-state index < -0.39 is 6.04 Å². The van der Waals surface area contributed by atoms with E-state index in [0.717, 1.165) is 23.2 Å². The maximum atomic E-state index is 13.1. The van der Waals surface area contributed by atoms with Crippen LogP contribution in [0, 0.1) is 0 Å². The molecule has 0 bridgehead atoms. The lowest BCUT2D eigenvalue weighted by Gasteiger charge is -2.30. The molecule has 1 saturated heterocycles. The molecule has 37 heavy (non-hydrogen) atoms. The molecule has 0 spiro atoms. The zero-order valence-corrected chi connectivity index (χ0v) is 22.0. The van der Waals surface area contributed by atoms with Crippen LogP contribution in [0.2, 0.25) is 0 Å². The number of β-amino-alcohol motifs (C(OH)–C–C–N with tert-alkyl or cyclic N) is 1. The highest BCUT2D eigenvalue weighted by atomic mass is 16.3. The topological polar surface area (TPSA) is 107 Å². The van der Waals surface area contributed by atoms with Crippen molar-refractivity contribution in [3.63, 3.8) is 0 Å². The third-order valence-corrected chi connectivity index (χ3v) is 6.25. The van der Waals surface area contributed by atoms with E-state index in [2.05, 4.69) is 65.6 Å². The molecule has 196 valence electrons. The van der Waals surface area contributed by atoms with Gasteiger partial charge >= 0.3 is 0 Å². The van der Waals surface area contributed by atoms with Gasteiger partial charge in [-0.3, -0.25) is 14.8 Å². The minimum Gasteiger partial charge on any atom is -0.392 e. The fourth-order valence-electron chi connectivity index (χ4n) is 4.06. The van der Waals surface area contributed by atoms with Gasteiger partial charge in [0.25, 0.3) is 0 Å². The highest BCUT2D eigenvalue weighted by Gasteiger charge is 2.26. The first kappa shape index (κ1) is 28.0. The molecule has 0 aliphatic carbocycles. The van der Waals surface area contributed by atoms with Gasteiger partial charge in [0.15, 0.2) is 0 Å². The number of aliphatic hydroxyl groups excluding tert-OH is 1.